The van der Waals surface area contributed by atoms with Crippen LogP contribution in [0.4, 0.5) is 18.0 Å². The van der Waals surface area contributed by atoms with E-state index in [9.17, 15) is 18.0 Å². The number of hydrazone groups is 1. The third-order valence-corrected chi connectivity index (χ3v) is 6.45. The molecule has 1 atom stereocenters. The van der Waals surface area contributed by atoms with E-state index in [-0.39, 0.29) is 18.8 Å². The molecule has 8 nitrogen and oxygen atoms in total. The zero-order valence-electron chi connectivity index (χ0n) is 17.8. The number of urea groups is 1. The fraction of sp³-hybridized carbons (Fsp3) is 0.273. The third-order valence-electron chi connectivity index (χ3n) is 5.66. The van der Waals surface area contributed by atoms with E-state index < -0.39 is 35.6 Å². The molecule has 0 spiro atoms. The normalized spacial score (nSPS) is 17.9. The molecule has 0 radical (unpaired) electrons. The van der Waals surface area contributed by atoms with Crippen molar-refractivity contribution in [2.75, 3.05) is 13.1 Å². The van der Waals surface area contributed by atoms with E-state index in [1.807, 2.05) is 0 Å². The van der Waals surface area contributed by atoms with Crippen molar-refractivity contribution in [3.8, 4) is 17.1 Å². The molecule has 0 bridgehead atoms. The van der Waals surface area contributed by atoms with Crippen molar-refractivity contribution >= 4 is 34.8 Å². The second-order valence-electron chi connectivity index (χ2n) is 7.99. The fourth-order valence-corrected chi connectivity index (χ4v) is 4.72. The van der Waals surface area contributed by atoms with Crippen LogP contribution in [0.1, 0.15) is 18.0 Å². The van der Waals surface area contributed by atoms with Gasteiger partial charge in [-0.2, -0.15) is 10.2 Å². The lowest BCUT2D eigenvalue weighted by Gasteiger charge is -2.41. The summed E-state index contributed by atoms with van der Waals surface area (Å²) in [5.74, 6) is -2.01. The zero-order chi connectivity index (χ0) is 24.0. The van der Waals surface area contributed by atoms with Crippen LogP contribution in [0.5, 0.6) is 5.75 Å². The number of aromatic nitrogens is 3. The van der Waals surface area contributed by atoms with E-state index in [2.05, 4.69) is 37.8 Å². The summed E-state index contributed by atoms with van der Waals surface area (Å²) < 4.78 is 50.0. The van der Waals surface area contributed by atoms with Gasteiger partial charge < -0.3 is 9.64 Å². The number of carbonyl (C=O) groups is 1. The molecule has 0 saturated carbocycles. The van der Waals surface area contributed by atoms with Gasteiger partial charge in [0.1, 0.15) is 17.7 Å². The predicted octanol–water partition coefficient (Wildman–Crippen LogP) is 4.12. The molecule has 34 heavy (non-hydrogen) atoms. The topological polar surface area (TPSA) is 75.8 Å². The molecule has 0 N–H and O–H groups in total. The highest BCUT2D eigenvalue weighted by Crippen LogP contribution is 2.32. The molecule has 12 heteroatoms. The number of carbonyl (C=O) groups excluding carboxylic acids is 1. The molecule has 176 valence electrons. The van der Waals surface area contributed by atoms with Crippen LogP contribution in [0.2, 0.25) is 0 Å². The first kappa shape index (κ1) is 22.6. The molecule has 3 aromatic rings. The van der Waals surface area contributed by atoms with Crippen molar-refractivity contribution in [1.82, 2.24) is 24.7 Å². The van der Waals surface area contributed by atoms with E-state index in [4.69, 9.17) is 4.74 Å². The number of halogens is 4. The van der Waals surface area contributed by atoms with Crippen LogP contribution in [0.3, 0.4) is 0 Å². The molecule has 0 aliphatic carbocycles. The van der Waals surface area contributed by atoms with Gasteiger partial charge in [0.2, 0.25) is 0 Å². The molecule has 1 aromatic carbocycles. The minimum atomic E-state index is -0.716. The Hall–Kier alpha value is -3.16. The molecule has 1 fully saturated rings. The third kappa shape index (κ3) is 4.21. The molecule has 2 aliphatic rings. The summed E-state index contributed by atoms with van der Waals surface area (Å²) in [6.45, 7) is 0.435. The average molecular weight is 582 g/mol. The summed E-state index contributed by atoms with van der Waals surface area (Å²) >= 11 is 2.13. The molecule has 5 rings (SSSR count). The van der Waals surface area contributed by atoms with Crippen LogP contribution < -0.4 is 4.74 Å². The number of hydrogen-bond acceptors (Lipinski definition) is 5. The Morgan fingerprint density at radius 1 is 1.12 bits per heavy atom. The highest BCUT2D eigenvalue weighted by atomic mass is 127. The van der Waals surface area contributed by atoms with Gasteiger partial charge in [0.25, 0.3) is 0 Å². The second-order valence-corrected chi connectivity index (χ2v) is 9.15. The Balaban J connectivity index is 1.25. The van der Waals surface area contributed by atoms with Crippen LogP contribution >= 0.6 is 22.6 Å². The Kier molecular flexibility index (Phi) is 5.91. The van der Waals surface area contributed by atoms with Crippen LogP contribution in [-0.4, -0.2) is 56.1 Å². The predicted molar refractivity (Wildman–Crippen MR) is 125 cm³/mol. The average Bonchev–Trinajstić information content (AvgIpc) is 3.37. The lowest BCUT2D eigenvalue weighted by atomic mass is 10.0. The summed E-state index contributed by atoms with van der Waals surface area (Å²) in [5, 5.41) is 9.47. The van der Waals surface area contributed by atoms with Gasteiger partial charge in [-0.3, -0.25) is 9.67 Å². The van der Waals surface area contributed by atoms with Gasteiger partial charge in [-0.05, 0) is 40.3 Å². The fourth-order valence-electron chi connectivity index (χ4n) is 3.98. The van der Waals surface area contributed by atoms with Gasteiger partial charge in [0, 0.05) is 31.8 Å². The first-order chi connectivity index (χ1) is 16.3. The van der Waals surface area contributed by atoms with Gasteiger partial charge in [-0.1, -0.05) is 0 Å². The smallest absolute Gasteiger partial charge is 0.341 e. The largest absolute Gasteiger partial charge is 0.483 e. The number of ether oxygens (including phenoxy) is 1. The molecular formula is C22H18F3IN6O2. The Bertz CT molecular complexity index is 1250. The quantitative estimate of drug-likeness (QED) is 0.434. The summed E-state index contributed by atoms with van der Waals surface area (Å²) in [5.41, 5.74) is 1.58. The monoisotopic (exact) mass is 582 g/mol. The standard InChI is InChI=1S/C22H18F3IN6O2/c1-30-21(17(26)9-29-30)18-7-20(16(25)8-27-18)34-15-10-31(11-15)22(33)32-19(2-3-28-32)12-4-13(23)6-14(24)5-12/h3-9,15,19H,2,10-11H2,1H3/t19-/m0/s1. The first-order valence-electron chi connectivity index (χ1n) is 10.4. The number of hydrogen-bond donors (Lipinski definition) is 0. The van der Waals surface area contributed by atoms with E-state index in [1.165, 1.54) is 34.3 Å². The summed E-state index contributed by atoms with van der Waals surface area (Å²) in [7, 11) is 1.77. The lowest BCUT2D eigenvalue weighted by molar-refractivity contribution is 0.0256. The Labute approximate surface area is 206 Å². The number of benzene rings is 1. The van der Waals surface area contributed by atoms with Gasteiger partial charge in [0.05, 0.1) is 46.5 Å². The summed E-state index contributed by atoms with van der Waals surface area (Å²) in [6, 6.07) is 3.67. The zero-order valence-corrected chi connectivity index (χ0v) is 20.0. The number of amides is 2. The Morgan fingerprint density at radius 2 is 1.85 bits per heavy atom. The van der Waals surface area contributed by atoms with E-state index in [0.717, 1.165) is 21.5 Å². The maximum Gasteiger partial charge on any atom is 0.341 e. The van der Waals surface area contributed by atoms with E-state index in [1.54, 1.807) is 17.9 Å². The van der Waals surface area contributed by atoms with Crippen molar-refractivity contribution in [2.45, 2.75) is 18.6 Å². The SMILES string of the molecule is Cn1ncc(I)c1-c1cc(OC2CN(C(=O)N3N=CC[C@H]3c3cc(F)cc(F)c3)C2)c(F)cn1. The Morgan fingerprint density at radius 3 is 2.53 bits per heavy atom. The second kappa shape index (κ2) is 8.89. The van der Waals surface area contributed by atoms with Crippen molar-refractivity contribution in [1.29, 1.82) is 0 Å². The summed E-state index contributed by atoms with van der Waals surface area (Å²) in [4.78, 5) is 18.6. The molecule has 2 amide bonds. The molecule has 2 aromatic heterocycles. The van der Waals surface area contributed by atoms with E-state index in [0.29, 0.717) is 17.7 Å². The number of nitrogens with zero attached hydrogens (tertiary/aromatic N) is 6. The summed E-state index contributed by atoms with van der Waals surface area (Å²) in [6.07, 6.45) is 4.24. The number of aryl methyl sites for hydroxylation is 1. The first-order valence-corrected chi connectivity index (χ1v) is 11.4. The maximum absolute atomic E-state index is 14.4. The minimum Gasteiger partial charge on any atom is -0.483 e. The molecule has 4 heterocycles. The number of rotatable bonds is 4. The lowest BCUT2D eigenvalue weighted by Crippen LogP contribution is -2.58. The number of pyridine rings is 1. The molecule has 1 saturated heterocycles. The van der Waals surface area contributed by atoms with Gasteiger partial charge in [0.15, 0.2) is 11.6 Å². The van der Waals surface area contributed by atoms with Crippen molar-refractivity contribution < 1.29 is 22.7 Å². The van der Waals surface area contributed by atoms with Gasteiger partial charge >= 0.3 is 6.03 Å². The van der Waals surface area contributed by atoms with Gasteiger partial charge in [-0.15, -0.1) is 0 Å². The van der Waals surface area contributed by atoms with Gasteiger partial charge in [-0.25, -0.2) is 23.0 Å². The van der Waals surface area contributed by atoms with Crippen LogP contribution in [0, 0.1) is 21.0 Å². The highest BCUT2D eigenvalue weighted by molar-refractivity contribution is 14.1. The van der Waals surface area contributed by atoms with Crippen LogP contribution in [-0.2, 0) is 7.05 Å². The molecular weight excluding hydrogens is 564 g/mol. The van der Waals surface area contributed by atoms with Crippen LogP contribution in [0.25, 0.3) is 11.4 Å². The van der Waals surface area contributed by atoms with Crippen molar-refractivity contribution in [3.05, 3.63) is 63.2 Å². The van der Waals surface area contributed by atoms with Crippen molar-refractivity contribution in [3.63, 3.8) is 0 Å². The van der Waals surface area contributed by atoms with Crippen molar-refractivity contribution in [2.24, 2.45) is 12.1 Å². The highest BCUT2D eigenvalue weighted by Gasteiger charge is 2.39. The maximum atomic E-state index is 14.4. The minimum absolute atomic E-state index is 0.0337. The van der Waals surface area contributed by atoms with E-state index >= 15 is 0 Å². The van der Waals surface area contributed by atoms with Crippen LogP contribution in [0.15, 0.2) is 41.8 Å². The number of likely N-dealkylation sites (tertiary alicyclic amines) is 1. The molecule has 2 aliphatic heterocycles. The molecule has 0 unspecified atom stereocenters.